The first kappa shape index (κ1) is 8.38. The molecule has 1 N–H and O–H groups in total. The van der Waals surface area contributed by atoms with Gasteiger partial charge in [0.05, 0.1) is 11.8 Å². The number of hydrogen-bond donors (Lipinski definition) is 1. The van der Waals surface area contributed by atoms with Crippen molar-refractivity contribution < 1.29 is 9.72 Å². The Morgan fingerprint density at radius 3 is 3.00 bits per heavy atom. The van der Waals surface area contributed by atoms with Gasteiger partial charge in [0.15, 0.2) is 0 Å². The van der Waals surface area contributed by atoms with Crippen LogP contribution in [0.2, 0.25) is 0 Å². The van der Waals surface area contributed by atoms with Gasteiger partial charge in [0.25, 0.3) is 0 Å². The van der Waals surface area contributed by atoms with Gasteiger partial charge in [0, 0.05) is 5.92 Å². The van der Waals surface area contributed by atoms with Crippen molar-refractivity contribution in [1.29, 1.82) is 0 Å². The highest BCUT2D eigenvalue weighted by atomic mass is 16.6. The van der Waals surface area contributed by atoms with Crippen molar-refractivity contribution in [3.05, 3.63) is 21.9 Å². The van der Waals surface area contributed by atoms with Gasteiger partial charge in [-0.3, -0.25) is 0 Å². The van der Waals surface area contributed by atoms with Crippen molar-refractivity contribution in [2.45, 2.75) is 12.8 Å². The normalized spacial score (nSPS) is 12.4. The second-order valence-electron chi connectivity index (χ2n) is 2.36. The number of nitro groups is 1. The quantitative estimate of drug-likeness (QED) is 0.408. The molecule has 1 aromatic heterocycles. The van der Waals surface area contributed by atoms with Crippen LogP contribution in [0.1, 0.15) is 18.4 Å². The molecule has 0 amide bonds. The maximum absolute atomic E-state index is 10.3. The predicted molar refractivity (Wildman–Crippen MR) is 39.7 cm³/mol. The molecule has 64 valence electrons. The van der Waals surface area contributed by atoms with Crippen molar-refractivity contribution >= 4 is 12.1 Å². The first-order valence-electron chi connectivity index (χ1n) is 3.29. The van der Waals surface area contributed by atoms with Gasteiger partial charge in [-0.15, -0.1) is 5.10 Å². The lowest BCUT2D eigenvalue weighted by Gasteiger charge is -1.98. The SMILES string of the molecule is CC(C=O)c1cn[nH]c1[N+](=O)[O-]. The van der Waals surface area contributed by atoms with E-state index in [1.165, 1.54) is 6.20 Å². The Morgan fingerprint density at radius 1 is 1.83 bits per heavy atom. The summed E-state index contributed by atoms with van der Waals surface area (Å²) >= 11 is 0. The minimum Gasteiger partial charge on any atom is -0.358 e. The topological polar surface area (TPSA) is 88.9 Å². The number of aromatic amines is 1. The van der Waals surface area contributed by atoms with Gasteiger partial charge in [0.1, 0.15) is 6.29 Å². The van der Waals surface area contributed by atoms with Gasteiger partial charge >= 0.3 is 5.82 Å². The van der Waals surface area contributed by atoms with E-state index in [-0.39, 0.29) is 5.82 Å². The molecule has 0 aromatic carbocycles. The molecule has 1 unspecified atom stereocenters. The van der Waals surface area contributed by atoms with Gasteiger partial charge in [-0.05, 0) is 4.92 Å². The highest BCUT2D eigenvalue weighted by molar-refractivity contribution is 5.63. The molecule has 12 heavy (non-hydrogen) atoms. The van der Waals surface area contributed by atoms with Crippen LogP contribution in [0.25, 0.3) is 0 Å². The Bertz CT molecular complexity index is 307. The molecule has 1 atom stereocenters. The van der Waals surface area contributed by atoms with Gasteiger partial charge in [-0.25, -0.2) is 0 Å². The third kappa shape index (κ3) is 1.31. The molecule has 1 heterocycles. The molecule has 0 aliphatic rings. The van der Waals surface area contributed by atoms with E-state index in [1.807, 2.05) is 0 Å². The van der Waals surface area contributed by atoms with Crippen LogP contribution in [0.4, 0.5) is 5.82 Å². The lowest BCUT2D eigenvalue weighted by atomic mass is 10.1. The first-order chi connectivity index (χ1) is 5.66. The largest absolute Gasteiger partial charge is 0.358 e. The number of aromatic nitrogens is 2. The molecular formula is C6H7N3O3. The van der Waals surface area contributed by atoms with E-state index in [9.17, 15) is 14.9 Å². The zero-order valence-corrected chi connectivity index (χ0v) is 6.35. The van der Waals surface area contributed by atoms with Crippen molar-refractivity contribution in [2.75, 3.05) is 0 Å². The molecule has 6 nitrogen and oxygen atoms in total. The zero-order valence-electron chi connectivity index (χ0n) is 6.35. The van der Waals surface area contributed by atoms with Crippen LogP contribution in [-0.4, -0.2) is 21.4 Å². The van der Waals surface area contributed by atoms with E-state index in [2.05, 4.69) is 10.2 Å². The minimum absolute atomic E-state index is 0.213. The summed E-state index contributed by atoms with van der Waals surface area (Å²) in [5.74, 6) is -0.709. The van der Waals surface area contributed by atoms with E-state index in [0.29, 0.717) is 11.8 Å². The van der Waals surface area contributed by atoms with E-state index in [4.69, 9.17) is 0 Å². The standard InChI is InChI=1S/C6H7N3O3/c1-4(3-10)5-2-7-8-6(5)9(11)12/h2-4H,1H3,(H,7,8). The summed E-state index contributed by atoms with van der Waals surface area (Å²) in [6.45, 7) is 1.57. The van der Waals surface area contributed by atoms with Crippen LogP contribution >= 0.6 is 0 Å². The summed E-state index contributed by atoms with van der Waals surface area (Å²) < 4.78 is 0. The molecular weight excluding hydrogens is 162 g/mol. The number of rotatable bonds is 3. The molecule has 0 saturated heterocycles. The molecule has 0 spiro atoms. The molecule has 0 aliphatic carbocycles. The Morgan fingerprint density at radius 2 is 2.50 bits per heavy atom. The van der Waals surface area contributed by atoms with Gasteiger partial charge in [-0.1, -0.05) is 12.0 Å². The summed E-state index contributed by atoms with van der Waals surface area (Å²) in [6.07, 6.45) is 1.93. The summed E-state index contributed by atoms with van der Waals surface area (Å²) in [5, 5.41) is 16.0. The van der Waals surface area contributed by atoms with Crippen molar-refractivity contribution in [3.8, 4) is 0 Å². The lowest BCUT2D eigenvalue weighted by molar-refractivity contribution is -0.390. The van der Waals surface area contributed by atoms with Gasteiger partial charge in [-0.2, -0.15) is 0 Å². The fourth-order valence-electron chi connectivity index (χ4n) is 0.841. The highest BCUT2D eigenvalue weighted by Gasteiger charge is 2.19. The number of H-pyrrole nitrogens is 1. The van der Waals surface area contributed by atoms with Crippen LogP contribution in [0.3, 0.4) is 0 Å². The maximum atomic E-state index is 10.3. The Balaban J connectivity index is 3.06. The van der Waals surface area contributed by atoms with Crippen LogP contribution in [0.5, 0.6) is 0 Å². The van der Waals surface area contributed by atoms with E-state index in [1.54, 1.807) is 6.92 Å². The Kier molecular flexibility index (Phi) is 2.18. The third-order valence-electron chi connectivity index (χ3n) is 1.52. The molecule has 0 saturated carbocycles. The fourth-order valence-corrected chi connectivity index (χ4v) is 0.841. The molecule has 6 heteroatoms. The number of carbonyl (C=O) groups excluding carboxylic acids is 1. The average Bonchev–Trinajstić information content (AvgIpc) is 2.50. The Hall–Kier alpha value is -1.72. The Labute approximate surface area is 67.7 Å². The number of carbonyl (C=O) groups is 1. The monoisotopic (exact) mass is 169 g/mol. The highest BCUT2D eigenvalue weighted by Crippen LogP contribution is 2.21. The predicted octanol–water partition coefficient (Wildman–Crippen LogP) is 0.620. The second-order valence-corrected chi connectivity index (χ2v) is 2.36. The number of aldehydes is 1. The molecule has 0 radical (unpaired) electrons. The number of nitrogens with one attached hydrogen (secondary N) is 1. The van der Waals surface area contributed by atoms with Crippen LogP contribution < -0.4 is 0 Å². The van der Waals surface area contributed by atoms with Crippen LogP contribution in [0.15, 0.2) is 6.20 Å². The smallest absolute Gasteiger partial charge is 0.346 e. The van der Waals surface area contributed by atoms with Crippen LogP contribution in [0, 0.1) is 10.1 Å². The summed E-state index contributed by atoms with van der Waals surface area (Å²) in [5.41, 5.74) is 0.315. The van der Waals surface area contributed by atoms with E-state index >= 15 is 0 Å². The van der Waals surface area contributed by atoms with Crippen molar-refractivity contribution in [1.82, 2.24) is 10.2 Å². The van der Waals surface area contributed by atoms with Crippen molar-refractivity contribution in [3.63, 3.8) is 0 Å². The molecule has 0 fully saturated rings. The molecule has 0 bridgehead atoms. The zero-order chi connectivity index (χ0) is 9.14. The average molecular weight is 169 g/mol. The van der Waals surface area contributed by atoms with E-state index < -0.39 is 10.8 Å². The third-order valence-corrected chi connectivity index (χ3v) is 1.52. The number of hydrogen-bond acceptors (Lipinski definition) is 4. The van der Waals surface area contributed by atoms with Crippen molar-refractivity contribution in [2.24, 2.45) is 0 Å². The molecule has 1 rings (SSSR count). The molecule has 1 aromatic rings. The van der Waals surface area contributed by atoms with Crippen LogP contribution in [-0.2, 0) is 4.79 Å². The summed E-state index contributed by atoms with van der Waals surface area (Å²) in [7, 11) is 0. The second kappa shape index (κ2) is 3.12. The summed E-state index contributed by atoms with van der Waals surface area (Å²) in [4.78, 5) is 20.0. The van der Waals surface area contributed by atoms with Gasteiger partial charge in [0.2, 0.25) is 0 Å². The van der Waals surface area contributed by atoms with Gasteiger partial charge < -0.3 is 14.9 Å². The molecule has 0 aliphatic heterocycles. The minimum atomic E-state index is -0.595. The maximum Gasteiger partial charge on any atom is 0.346 e. The summed E-state index contributed by atoms with van der Waals surface area (Å²) in [6, 6.07) is 0. The fraction of sp³-hybridized carbons (Fsp3) is 0.333. The first-order valence-corrected chi connectivity index (χ1v) is 3.29. The lowest BCUT2D eigenvalue weighted by Crippen LogP contribution is -1.98. The number of nitrogens with zero attached hydrogens (tertiary/aromatic N) is 2. The van der Waals surface area contributed by atoms with E-state index in [0.717, 1.165) is 0 Å².